The van der Waals surface area contributed by atoms with Gasteiger partial charge in [0.2, 0.25) is 0 Å². The number of nitrogens with zero attached hydrogens (tertiary/aromatic N) is 1. The minimum absolute atomic E-state index is 0.196. The minimum atomic E-state index is -4.61. The molecule has 0 radical (unpaired) electrons. The van der Waals surface area contributed by atoms with E-state index in [1.807, 2.05) is 0 Å². The number of benzene rings is 1. The molecule has 1 aliphatic rings. The van der Waals surface area contributed by atoms with Crippen LogP contribution in [0.25, 0.3) is 0 Å². The van der Waals surface area contributed by atoms with Crippen LogP contribution in [0.4, 0.5) is 18.9 Å². The van der Waals surface area contributed by atoms with Crippen LogP contribution in [-0.2, 0) is 11.0 Å². The van der Waals surface area contributed by atoms with Crippen molar-refractivity contribution in [2.75, 3.05) is 5.32 Å². The van der Waals surface area contributed by atoms with E-state index < -0.39 is 29.2 Å². The minimum Gasteiger partial charge on any atom is -0.481 e. The zero-order valence-electron chi connectivity index (χ0n) is 10.7. The Balaban J connectivity index is 2.18. The molecule has 0 fully saturated rings. The standard InChI is InChI=1S/C14H11F3N2O2/c15-14(16,17)12-6-11(4-2-9(12)7-18)19-10-3-1-8(5-10)13(20)21/h1-4,6,8,10,19H,5H2,(H,20,21). The Morgan fingerprint density at radius 3 is 2.62 bits per heavy atom. The molecule has 2 N–H and O–H groups in total. The van der Waals surface area contributed by atoms with E-state index in [0.717, 1.165) is 12.1 Å². The molecule has 0 saturated carbocycles. The third-order valence-corrected chi connectivity index (χ3v) is 3.20. The van der Waals surface area contributed by atoms with Gasteiger partial charge in [0.05, 0.1) is 23.1 Å². The van der Waals surface area contributed by atoms with Crippen molar-refractivity contribution >= 4 is 11.7 Å². The summed E-state index contributed by atoms with van der Waals surface area (Å²) in [7, 11) is 0. The van der Waals surface area contributed by atoms with E-state index in [2.05, 4.69) is 5.32 Å². The normalized spacial score (nSPS) is 21.0. The quantitative estimate of drug-likeness (QED) is 0.841. The number of anilines is 1. The predicted octanol–water partition coefficient (Wildman–Crippen LogP) is 3.02. The number of rotatable bonds is 3. The van der Waals surface area contributed by atoms with Crippen LogP contribution in [0.1, 0.15) is 17.5 Å². The van der Waals surface area contributed by atoms with Crippen molar-refractivity contribution in [2.24, 2.45) is 5.92 Å². The number of nitrogens with one attached hydrogen (secondary N) is 1. The summed E-state index contributed by atoms with van der Waals surface area (Å²) < 4.78 is 38.5. The van der Waals surface area contributed by atoms with Crippen LogP contribution in [0.2, 0.25) is 0 Å². The summed E-state index contributed by atoms with van der Waals surface area (Å²) >= 11 is 0. The third-order valence-electron chi connectivity index (χ3n) is 3.20. The maximum Gasteiger partial charge on any atom is 0.417 e. The number of carboxylic acid groups (broad SMARTS) is 1. The molecule has 2 atom stereocenters. The molecule has 1 aliphatic carbocycles. The summed E-state index contributed by atoms with van der Waals surface area (Å²) in [6.07, 6.45) is -1.22. The molecular weight excluding hydrogens is 285 g/mol. The van der Waals surface area contributed by atoms with E-state index in [4.69, 9.17) is 10.4 Å². The molecule has 7 heteroatoms. The van der Waals surface area contributed by atoms with E-state index in [9.17, 15) is 18.0 Å². The summed E-state index contributed by atoms with van der Waals surface area (Å²) in [4.78, 5) is 10.8. The van der Waals surface area contributed by atoms with Crippen molar-refractivity contribution in [3.05, 3.63) is 41.5 Å². The first-order valence-corrected chi connectivity index (χ1v) is 6.10. The van der Waals surface area contributed by atoms with E-state index in [1.165, 1.54) is 18.2 Å². The molecule has 0 aliphatic heterocycles. The SMILES string of the molecule is N#Cc1ccc(NC2C=CC(C(=O)O)C2)cc1C(F)(F)F. The van der Waals surface area contributed by atoms with Crippen LogP contribution in [-0.4, -0.2) is 17.1 Å². The molecule has 0 bridgehead atoms. The molecule has 0 aromatic heterocycles. The average Bonchev–Trinajstić information content (AvgIpc) is 2.86. The number of carboxylic acids is 1. The van der Waals surface area contributed by atoms with Gasteiger partial charge in [-0.1, -0.05) is 12.2 Å². The second-order valence-corrected chi connectivity index (χ2v) is 4.69. The lowest BCUT2D eigenvalue weighted by Crippen LogP contribution is -2.19. The van der Waals surface area contributed by atoms with Crippen molar-refractivity contribution in [1.29, 1.82) is 5.26 Å². The number of hydrogen-bond donors (Lipinski definition) is 2. The van der Waals surface area contributed by atoms with Gasteiger partial charge in [-0.05, 0) is 24.6 Å². The van der Waals surface area contributed by atoms with Crippen LogP contribution < -0.4 is 5.32 Å². The highest BCUT2D eigenvalue weighted by atomic mass is 19.4. The van der Waals surface area contributed by atoms with Gasteiger partial charge in [0, 0.05) is 11.7 Å². The number of alkyl halides is 3. The van der Waals surface area contributed by atoms with Crippen LogP contribution in [0, 0.1) is 17.2 Å². The zero-order valence-corrected chi connectivity index (χ0v) is 10.7. The number of carbonyl (C=O) groups is 1. The first kappa shape index (κ1) is 14.9. The van der Waals surface area contributed by atoms with Gasteiger partial charge in [-0.2, -0.15) is 18.4 Å². The highest BCUT2D eigenvalue weighted by Crippen LogP contribution is 2.34. The molecule has 1 aromatic carbocycles. The molecule has 1 aromatic rings. The second kappa shape index (κ2) is 5.48. The van der Waals surface area contributed by atoms with Crippen LogP contribution in [0.15, 0.2) is 30.4 Å². The van der Waals surface area contributed by atoms with Gasteiger partial charge in [-0.15, -0.1) is 0 Å². The van der Waals surface area contributed by atoms with E-state index in [0.29, 0.717) is 0 Å². The lowest BCUT2D eigenvalue weighted by molar-refractivity contribution is -0.140. The lowest BCUT2D eigenvalue weighted by Gasteiger charge is -2.16. The number of aliphatic carboxylic acids is 1. The average molecular weight is 296 g/mol. The number of nitriles is 1. The Morgan fingerprint density at radius 1 is 1.38 bits per heavy atom. The summed E-state index contributed by atoms with van der Waals surface area (Å²) in [5.74, 6) is -1.60. The van der Waals surface area contributed by atoms with Gasteiger partial charge >= 0.3 is 12.1 Å². The molecule has 2 rings (SSSR count). The van der Waals surface area contributed by atoms with Gasteiger partial charge < -0.3 is 10.4 Å². The second-order valence-electron chi connectivity index (χ2n) is 4.69. The fourth-order valence-corrected chi connectivity index (χ4v) is 2.17. The van der Waals surface area contributed by atoms with Crippen molar-refractivity contribution < 1.29 is 23.1 Å². The number of halogens is 3. The van der Waals surface area contributed by atoms with E-state index in [1.54, 1.807) is 6.08 Å². The smallest absolute Gasteiger partial charge is 0.417 e. The fourth-order valence-electron chi connectivity index (χ4n) is 2.17. The molecular formula is C14H11F3N2O2. The van der Waals surface area contributed by atoms with Crippen molar-refractivity contribution in [1.82, 2.24) is 0 Å². The molecule has 110 valence electrons. The van der Waals surface area contributed by atoms with Crippen LogP contribution in [0.3, 0.4) is 0 Å². The number of hydrogen-bond acceptors (Lipinski definition) is 3. The lowest BCUT2D eigenvalue weighted by atomic mass is 10.1. The summed E-state index contributed by atoms with van der Waals surface area (Å²) in [5, 5.41) is 20.4. The van der Waals surface area contributed by atoms with Crippen molar-refractivity contribution in [3.63, 3.8) is 0 Å². The maximum absolute atomic E-state index is 12.8. The van der Waals surface area contributed by atoms with Crippen LogP contribution in [0.5, 0.6) is 0 Å². The summed E-state index contributed by atoms with van der Waals surface area (Å²) in [6, 6.07) is 4.49. The van der Waals surface area contributed by atoms with Gasteiger partial charge in [-0.25, -0.2) is 0 Å². The van der Waals surface area contributed by atoms with Crippen molar-refractivity contribution in [3.8, 4) is 6.07 Å². The summed E-state index contributed by atoms with van der Waals surface area (Å²) in [6.45, 7) is 0. The largest absolute Gasteiger partial charge is 0.481 e. The first-order chi connectivity index (χ1) is 9.81. The Bertz CT molecular complexity index is 632. The molecule has 0 heterocycles. The van der Waals surface area contributed by atoms with Crippen LogP contribution >= 0.6 is 0 Å². The Kier molecular flexibility index (Phi) is 3.89. The first-order valence-electron chi connectivity index (χ1n) is 6.10. The van der Waals surface area contributed by atoms with Gasteiger partial charge in [-0.3, -0.25) is 4.79 Å². The Hall–Kier alpha value is -2.49. The van der Waals surface area contributed by atoms with Gasteiger partial charge in [0.15, 0.2) is 0 Å². The topological polar surface area (TPSA) is 73.1 Å². The fraction of sp³-hybridized carbons (Fsp3) is 0.286. The monoisotopic (exact) mass is 296 g/mol. The highest BCUT2D eigenvalue weighted by Gasteiger charge is 2.34. The molecule has 2 unspecified atom stereocenters. The zero-order chi connectivity index (χ0) is 15.6. The Morgan fingerprint density at radius 2 is 2.10 bits per heavy atom. The van der Waals surface area contributed by atoms with E-state index >= 15 is 0 Å². The molecule has 0 saturated heterocycles. The Labute approximate surface area is 118 Å². The highest BCUT2D eigenvalue weighted by molar-refractivity contribution is 5.73. The molecule has 0 spiro atoms. The molecule has 4 nitrogen and oxygen atoms in total. The van der Waals surface area contributed by atoms with Crippen molar-refractivity contribution in [2.45, 2.75) is 18.6 Å². The molecule has 21 heavy (non-hydrogen) atoms. The van der Waals surface area contributed by atoms with E-state index in [-0.39, 0.29) is 18.2 Å². The van der Waals surface area contributed by atoms with Gasteiger partial charge in [0.1, 0.15) is 0 Å². The van der Waals surface area contributed by atoms with Gasteiger partial charge in [0.25, 0.3) is 0 Å². The maximum atomic E-state index is 12.8. The summed E-state index contributed by atoms with van der Waals surface area (Å²) in [5.41, 5.74) is -1.26. The molecule has 0 amide bonds. The third kappa shape index (κ3) is 3.34. The predicted molar refractivity (Wildman–Crippen MR) is 68.5 cm³/mol.